The Morgan fingerprint density at radius 3 is 2.57 bits per heavy atom. The van der Waals surface area contributed by atoms with Gasteiger partial charge in [0.25, 0.3) is 0 Å². The van der Waals surface area contributed by atoms with E-state index in [-0.39, 0.29) is 18.3 Å². The minimum atomic E-state index is -0.301. The topological polar surface area (TPSA) is 77.6 Å². The Kier molecular flexibility index (Phi) is 6.36. The number of nitrogens with zero attached hydrogens (tertiary/aromatic N) is 5. The molecule has 0 atom stereocenters. The fraction of sp³-hybridized carbons (Fsp3) is 0.120. The first-order chi connectivity index (χ1) is 16.9. The number of hydrogen-bond acceptors (Lipinski definition) is 4. The van der Waals surface area contributed by atoms with Crippen LogP contribution in [0.3, 0.4) is 0 Å². The van der Waals surface area contributed by atoms with Gasteiger partial charge in [0.05, 0.1) is 16.7 Å². The van der Waals surface area contributed by atoms with Crippen molar-refractivity contribution in [3.8, 4) is 11.1 Å². The normalized spacial score (nSPS) is 11.2. The molecule has 176 valence electrons. The smallest absolute Gasteiger partial charge is 0.247 e. The number of anilines is 1. The summed E-state index contributed by atoms with van der Waals surface area (Å²) in [4.78, 5) is 17.3. The van der Waals surface area contributed by atoms with Crippen molar-refractivity contribution in [3.05, 3.63) is 93.6 Å². The van der Waals surface area contributed by atoms with Crippen LogP contribution in [0.15, 0.2) is 71.5 Å². The summed E-state index contributed by atoms with van der Waals surface area (Å²) in [6.07, 6.45) is 3.46. The zero-order valence-electron chi connectivity index (χ0n) is 18.5. The third-order valence-electron chi connectivity index (χ3n) is 5.49. The SMILES string of the molecule is Cc1nn(CC(=O)Nc2nn(Cc3ccc(Cl)cc3)cc2Br)c2nccc(-c3ccc(F)cc3)c12. The molecule has 5 aromatic rings. The highest BCUT2D eigenvalue weighted by molar-refractivity contribution is 9.10. The Labute approximate surface area is 213 Å². The van der Waals surface area contributed by atoms with Gasteiger partial charge in [0.1, 0.15) is 12.4 Å². The van der Waals surface area contributed by atoms with Crippen LogP contribution in [0.5, 0.6) is 0 Å². The van der Waals surface area contributed by atoms with E-state index in [1.54, 1.807) is 33.9 Å². The van der Waals surface area contributed by atoms with Gasteiger partial charge >= 0.3 is 0 Å². The summed E-state index contributed by atoms with van der Waals surface area (Å²) in [7, 11) is 0. The first-order valence-corrected chi connectivity index (χ1v) is 11.9. The van der Waals surface area contributed by atoms with Gasteiger partial charge in [0, 0.05) is 22.8 Å². The van der Waals surface area contributed by atoms with Gasteiger partial charge < -0.3 is 5.32 Å². The number of nitrogens with one attached hydrogen (secondary N) is 1. The molecule has 0 aliphatic heterocycles. The predicted molar refractivity (Wildman–Crippen MR) is 137 cm³/mol. The van der Waals surface area contributed by atoms with Gasteiger partial charge in [-0.2, -0.15) is 10.2 Å². The van der Waals surface area contributed by atoms with E-state index < -0.39 is 0 Å². The first-order valence-electron chi connectivity index (χ1n) is 10.7. The number of rotatable bonds is 6. The van der Waals surface area contributed by atoms with Crippen molar-refractivity contribution in [1.82, 2.24) is 24.5 Å². The zero-order chi connectivity index (χ0) is 24.5. The van der Waals surface area contributed by atoms with Gasteiger partial charge in [-0.1, -0.05) is 35.9 Å². The highest BCUT2D eigenvalue weighted by Gasteiger charge is 2.17. The van der Waals surface area contributed by atoms with Gasteiger partial charge in [-0.15, -0.1) is 0 Å². The molecule has 0 aliphatic carbocycles. The number of aromatic nitrogens is 5. The molecule has 7 nitrogen and oxygen atoms in total. The number of fused-ring (bicyclic) bond motifs is 1. The van der Waals surface area contributed by atoms with Crippen molar-refractivity contribution in [2.24, 2.45) is 0 Å². The lowest BCUT2D eigenvalue weighted by atomic mass is 10.0. The van der Waals surface area contributed by atoms with Gasteiger partial charge in [0.2, 0.25) is 5.91 Å². The molecule has 0 aliphatic rings. The average Bonchev–Trinajstić information content (AvgIpc) is 3.34. The van der Waals surface area contributed by atoms with Crippen LogP contribution in [0.1, 0.15) is 11.3 Å². The Bertz CT molecular complexity index is 1530. The van der Waals surface area contributed by atoms with E-state index >= 15 is 0 Å². The Morgan fingerprint density at radius 1 is 1.09 bits per heavy atom. The third kappa shape index (κ3) is 4.96. The second kappa shape index (κ2) is 9.59. The van der Waals surface area contributed by atoms with Crippen molar-refractivity contribution in [3.63, 3.8) is 0 Å². The molecule has 10 heteroatoms. The monoisotopic (exact) mass is 552 g/mol. The highest BCUT2D eigenvalue weighted by Crippen LogP contribution is 2.30. The molecule has 0 spiro atoms. The summed E-state index contributed by atoms with van der Waals surface area (Å²) in [6.45, 7) is 2.35. The van der Waals surface area contributed by atoms with Crippen molar-refractivity contribution in [2.45, 2.75) is 20.0 Å². The number of hydrogen-bond donors (Lipinski definition) is 1. The Morgan fingerprint density at radius 2 is 1.83 bits per heavy atom. The van der Waals surface area contributed by atoms with E-state index in [1.807, 2.05) is 37.3 Å². The maximum atomic E-state index is 13.4. The van der Waals surface area contributed by atoms with Crippen molar-refractivity contribution >= 4 is 50.3 Å². The number of carbonyl (C=O) groups excluding carboxylic acids is 1. The molecule has 35 heavy (non-hydrogen) atoms. The van der Waals surface area contributed by atoms with Crippen LogP contribution < -0.4 is 5.32 Å². The molecule has 0 saturated heterocycles. The van der Waals surface area contributed by atoms with Gasteiger partial charge in [-0.05, 0) is 69.9 Å². The maximum Gasteiger partial charge on any atom is 0.247 e. The minimum Gasteiger partial charge on any atom is -0.307 e. The number of aryl methyl sites for hydroxylation is 1. The van der Waals surface area contributed by atoms with E-state index in [2.05, 4.69) is 36.4 Å². The van der Waals surface area contributed by atoms with Gasteiger partial charge in [-0.3, -0.25) is 9.48 Å². The van der Waals surface area contributed by atoms with E-state index in [0.717, 1.165) is 27.8 Å². The van der Waals surface area contributed by atoms with Crippen LogP contribution in [0, 0.1) is 12.7 Å². The van der Waals surface area contributed by atoms with Crippen molar-refractivity contribution in [1.29, 1.82) is 0 Å². The fourth-order valence-electron chi connectivity index (χ4n) is 3.91. The standard InChI is InChI=1S/C25H19BrClFN6O/c1-15-23-20(17-4-8-19(28)9-5-17)10-11-29-25(23)34(31-15)14-22(35)30-24-21(26)13-33(32-24)12-16-2-6-18(27)7-3-16/h2-11,13H,12,14H2,1H3,(H,30,32,35). The molecule has 0 radical (unpaired) electrons. The fourth-order valence-corrected chi connectivity index (χ4v) is 4.45. The lowest BCUT2D eigenvalue weighted by Crippen LogP contribution is -2.20. The van der Waals surface area contributed by atoms with Crippen molar-refractivity contribution < 1.29 is 9.18 Å². The predicted octanol–water partition coefficient (Wildman–Crippen LogP) is 5.85. The van der Waals surface area contributed by atoms with E-state index in [1.165, 1.54) is 12.1 Å². The summed E-state index contributed by atoms with van der Waals surface area (Å²) in [6, 6.07) is 15.6. The second-order valence-electron chi connectivity index (χ2n) is 8.00. The molecule has 2 aromatic carbocycles. The summed E-state index contributed by atoms with van der Waals surface area (Å²) < 4.78 is 17.3. The summed E-state index contributed by atoms with van der Waals surface area (Å²) in [5, 5.41) is 13.3. The summed E-state index contributed by atoms with van der Waals surface area (Å²) in [5.41, 5.74) is 4.06. The number of carbonyl (C=O) groups is 1. The third-order valence-corrected chi connectivity index (χ3v) is 6.32. The molecule has 5 rings (SSSR count). The largest absolute Gasteiger partial charge is 0.307 e. The van der Waals surface area contributed by atoms with E-state index in [4.69, 9.17) is 11.6 Å². The van der Waals surface area contributed by atoms with Crippen LogP contribution in [0.2, 0.25) is 5.02 Å². The minimum absolute atomic E-state index is 0.0410. The van der Waals surface area contributed by atoms with Gasteiger partial charge in [0.15, 0.2) is 11.5 Å². The number of amides is 1. The number of benzene rings is 2. The molecular weight excluding hydrogens is 535 g/mol. The van der Waals surface area contributed by atoms with E-state index in [0.29, 0.717) is 27.5 Å². The van der Waals surface area contributed by atoms with Crippen molar-refractivity contribution in [2.75, 3.05) is 5.32 Å². The van der Waals surface area contributed by atoms with Crippen LogP contribution in [-0.2, 0) is 17.9 Å². The Hall–Kier alpha value is -3.56. The molecule has 0 fully saturated rings. The van der Waals surface area contributed by atoms with Crippen LogP contribution in [0.4, 0.5) is 10.2 Å². The second-order valence-corrected chi connectivity index (χ2v) is 9.30. The molecule has 1 amide bonds. The molecule has 1 N–H and O–H groups in total. The average molecular weight is 554 g/mol. The number of halogens is 3. The van der Waals surface area contributed by atoms with Gasteiger partial charge in [-0.25, -0.2) is 14.1 Å². The molecule has 0 bridgehead atoms. The lowest BCUT2D eigenvalue weighted by molar-refractivity contribution is -0.116. The quantitative estimate of drug-likeness (QED) is 0.286. The highest BCUT2D eigenvalue weighted by atomic mass is 79.9. The zero-order valence-corrected chi connectivity index (χ0v) is 20.9. The van der Waals surface area contributed by atoms with E-state index in [9.17, 15) is 9.18 Å². The summed E-state index contributed by atoms with van der Waals surface area (Å²) >= 11 is 9.41. The molecule has 0 saturated carbocycles. The van der Waals surface area contributed by atoms with Crippen LogP contribution in [0.25, 0.3) is 22.2 Å². The van der Waals surface area contributed by atoms with Crippen LogP contribution in [-0.4, -0.2) is 30.5 Å². The Balaban J connectivity index is 1.35. The molecular formula is C25H19BrClFN6O. The van der Waals surface area contributed by atoms with Crippen LogP contribution >= 0.6 is 27.5 Å². The molecule has 0 unspecified atom stereocenters. The summed E-state index contributed by atoms with van der Waals surface area (Å²) in [5.74, 6) is -0.178. The molecule has 3 heterocycles. The lowest BCUT2D eigenvalue weighted by Gasteiger charge is -2.06. The number of pyridine rings is 1. The first kappa shape index (κ1) is 23.2. The molecule has 3 aromatic heterocycles. The maximum absolute atomic E-state index is 13.4.